The lowest BCUT2D eigenvalue weighted by atomic mass is 10.2. The Hall–Kier alpha value is -2.56. The Morgan fingerprint density at radius 1 is 1.12 bits per heavy atom. The van der Waals surface area contributed by atoms with Crippen LogP contribution in [0.3, 0.4) is 0 Å². The van der Waals surface area contributed by atoms with Crippen LogP contribution >= 0.6 is 0 Å². The van der Waals surface area contributed by atoms with Crippen LogP contribution in [0, 0.1) is 6.92 Å². The standard InChI is InChI=1S/C20H25N3O2/c1-3-25-19-17(9-6-11-21-19)20(24)23-13-7-12-22(14-15-23)18-10-5-4-8-16(18)2/h4-6,8-11H,3,7,12-15H2,1-2H3. The van der Waals surface area contributed by atoms with Crippen molar-refractivity contribution in [1.82, 2.24) is 9.88 Å². The number of aromatic nitrogens is 1. The molecular formula is C20H25N3O2. The molecule has 1 saturated heterocycles. The highest BCUT2D eigenvalue weighted by atomic mass is 16.5. The van der Waals surface area contributed by atoms with E-state index in [-0.39, 0.29) is 5.91 Å². The third-order valence-corrected chi connectivity index (χ3v) is 4.52. The number of ether oxygens (including phenoxy) is 1. The number of amides is 1. The van der Waals surface area contributed by atoms with Gasteiger partial charge >= 0.3 is 0 Å². The Kier molecular flexibility index (Phi) is 5.53. The second-order valence-electron chi connectivity index (χ2n) is 6.21. The molecule has 25 heavy (non-hydrogen) atoms. The molecule has 132 valence electrons. The highest BCUT2D eigenvalue weighted by Gasteiger charge is 2.23. The van der Waals surface area contributed by atoms with Crippen LogP contribution in [0.1, 0.15) is 29.3 Å². The smallest absolute Gasteiger partial charge is 0.259 e. The van der Waals surface area contributed by atoms with E-state index >= 15 is 0 Å². The van der Waals surface area contributed by atoms with Crippen molar-refractivity contribution in [3.05, 3.63) is 53.7 Å². The predicted molar refractivity (Wildman–Crippen MR) is 99.3 cm³/mol. The molecule has 0 unspecified atom stereocenters. The van der Waals surface area contributed by atoms with E-state index in [9.17, 15) is 4.79 Å². The minimum atomic E-state index is 0.00295. The van der Waals surface area contributed by atoms with Gasteiger partial charge < -0.3 is 14.5 Å². The highest BCUT2D eigenvalue weighted by Crippen LogP contribution is 2.22. The minimum Gasteiger partial charge on any atom is -0.477 e. The second kappa shape index (κ2) is 8.01. The topological polar surface area (TPSA) is 45.7 Å². The lowest BCUT2D eigenvalue weighted by Crippen LogP contribution is -2.35. The van der Waals surface area contributed by atoms with Gasteiger partial charge in [-0.3, -0.25) is 4.79 Å². The van der Waals surface area contributed by atoms with Crippen molar-refractivity contribution in [2.24, 2.45) is 0 Å². The number of hydrogen-bond donors (Lipinski definition) is 0. The summed E-state index contributed by atoms with van der Waals surface area (Å²) in [5.41, 5.74) is 3.08. The van der Waals surface area contributed by atoms with Gasteiger partial charge in [0.05, 0.1) is 6.61 Å². The van der Waals surface area contributed by atoms with Crippen LogP contribution in [-0.4, -0.2) is 48.6 Å². The SMILES string of the molecule is CCOc1ncccc1C(=O)N1CCCN(c2ccccc2C)CC1. The first kappa shape index (κ1) is 17.3. The van der Waals surface area contributed by atoms with Crippen molar-refractivity contribution >= 4 is 11.6 Å². The molecule has 5 nitrogen and oxygen atoms in total. The Bertz CT molecular complexity index is 732. The summed E-state index contributed by atoms with van der Waals surface area (Å²) in [6.07, 6.45) is 2.61. The summed E-state index contributed by atoms with van der Waals surface area (Å²) in [5.74, 6) is 0.429. The average molecular weight is 339 g/mol. The summed E-state index contributed by atoms with van der Waals surface area (Å²) in [4.78, 5) is 21.4. The van der Waals surface area contributed by atoms with Crippen molar-refractivity contribution in [2.75, 3.05) is 37.7 Å². The molecule has 0 spiro atoms. The van der Waals surface area contributed by atoms with Gasteiger partial charge in [-0.2, -0.15) is 0 Å². The molecule has 0 N–H and O–H groups in total. The molecule has 0 aliphatic carbocycles. The van der Waals surface area contributed by atoms with Gasteiger partial charge in [0.1, 0.15) is 5.56 Å². The van der Waals surface area contributed by atoms with E-state index in [2.05, 4.69) is 41.1 Å². The fourth-order valence-corrected chi connectivity index (χ4v) is 3.26. The van der Waals surface area contributed by atoms with Crippen LogP contribution < -0.4 is 9.64 Å². The first-order valence-corrected chi connectivity index (χ1v) is 8.88. The Labute approximate surface area is 149 Å². The second-order valence-corrected chi connectivity index (χ2v) is 6.21. The lowest BCUT2D eigenvalue weighted by Gasteiger charge is -2.25. The molecule has 0 saturated carbocycles. The molecule has 1 aromatic carbocycles. The van der Waals surface area contributed by atoms with E-state index in [4.69, 9.17) is 4.74 Å². The van der Waals surface area contributed by atoms with Crippen LogP contribution in [0.15, 0.2) is 42.6 Å². The molecule has 2 heterocycles. The summed E-state index contributed by atoms with van der Waals surface area (Å²) >= 11 is 0. The predicted octanol–water partition coefficient (Wildman–Crippen LogP) is 3.14. The number of hydrogen-bond acceptors (Lipinski definition) is 4. The fourth-order valence-electron chi connectivity index (χ4n) is 3.26. The molecule has 0 atom stereocenters. The Morgan fingerprint density at radius 3 is 2.76 bits per heavy atom. The van der Waals surface area contributed by atoms with Crippen molar-refractivity contribution in [3.8, 4) is 5.88 Å². The van der Waals surface area contributed by atoms with Crippen LogP contribution in [0.2, 0.25) is 0 Å². The van der Waals surface area contributed by atoms with E-state index in [1.165, 1.54) is 11.3 Å². The Balaban J connectivity index is 1.73. The molecule has 1 aromatic heterocycles. The first-order valence-electron chi connectivity index (χ1n) is 8.88. The van der Waals surface area contributed by atoms with E-state index in [1.807, 2.05) is 11.8 Å². The van der Waals surface area contributed by atoms with Crippen LogP contribution in [0.4, 0.5) is 5.69 Å². The summed E-state index contributed by atoms with van der Waals surface area (Å²) in [6.45, 7) is 7.77. The molecule has 1 amide bonds. The van der Waals surface area contributed by atoms with E-state index in [0.29, 0.717) is 24.6 Å². The lowest BCUT2D eigenvalue weighted by molar-refractivity contribution is 0.0762. The molecule has 1 aliphatic rings. The number of pyridine rings is 1. The van der Waals surface area contributed by atoms with E-state index in [0.717, 1.165) is 26.1 Å². The highest BCUT2D eigenvalue weighted by molar-refractivity contribution is 5.96. The molecular weight excluding hydrogens is 314 g/mol. The minimum absolute atomic E-state index is 0.00295. The van der Waals surface area contributed by atoms with Gasteiger partial charge in [-0.15, -0.1) is 0 Å². The summed E-state index contributed by atoms with van der Waals surface area (Å²) in [7, 11) is 0. The van der Waals surface area contributed by atoms with Crippen molar-refractivity contribution in [3.63, 3.8) is 0 Å². The van der Waals surface area contributed by atoms with E-state index in [1.54, 1.807) is 18.3 Å². The van der Waals surface area contributed by atoms with Crippen LogP contribution in [0.25, 0.3) is 0 Å². The third-order valence-electron chi connectivity index (χ3n) is 4.52. The van der Waals surface area contributed by atoms with Crippen LogP contribution in [0.5, 0.6) is 5.88 Å². The number of anilines is 1. The number of carbonyl (C=O) groups is 1. The number of rotatable bonds is 4. The zero-order valence-electron chi connectivity index (χ0n) is 14.9. The summed E-state index contributed by atoms with van der Waals surface area (Å²) in [6, 6.07) is 12.0. The van der Waals surface area contributed by atoms with Gasteiger partial charge in [0.15, 0.2) is 0 Å². The largest absolute Gasteiger partial charge is 0.477 e. The number of benzene rings is 1. The Morgan fingerprint density at radius 2 is 1.96 bits per heavy atom. The normalized spacial score (nSPS) is 15.0. The zero-order valence-corrected chi connectivity index (χ0v) is 14.9. The van der Waals surface area contributed by atoms with Gasteiger partial charge in [0, 0.05) is 38.1 Å². The van der Waals surface area contributed by atoms with Gasteiger partial charge in [-0.1, -0.05) is 18.2 Å². The molecule has 0 radical (unpaired) electrons. The molecule has 2 aromatic rings. The maximum Gasteiger partial charge on any atom is 0.259 e. The molecule has 1 fully saturated rings. The maximum atomic E-state index is 12.9. The third kappa shape index (κ3) is 3.92. The number of nitrogens with zero attached hydrogens (tertiary/aromatic N) is 3. The monoisotopic (exact) mass is 339 g/mol. The van der Waals surface area contributed by atoms with Gasteiger partial charge in [-0.25, -0.2) is 4.98 Å². The van der Waals surface area contributed by atoms with Crippen molar-refractivity contribution in [2.45, 2.75) is 20.3 Å². The fraction of sp³-hybridized carbons (Fsp3) is 0.400. The zero-order chi connectivity index (χ0) is 17.6. The first-order chi connectivity index (χ1) is 12.2. The number of carbonyl (C=O) groups excluding carboxylic acids is 1. The van der Waals surface area contributed by atoms with Gasteiger partial charge in [-0.05, 0) is 44.0 Å². The maximum absolute atomic E-state index is 12.9. The molecule has 3 rings (SSSR count). The average Bonchev–Trinajstić information content (AvgIpc) is 2.88. The van der Waals surface area contributed by atoms with Crippen molar-refractivity contribution in [1.29, 1.82) is 0 Å². The van der Waals surface area contributed by atoms with E-state index < -0.39 is 0 Å². The van der Waals surface area contributed by atoms with Crippen molar-refractivity contribution < 1.29 is 9.53 Å². The summed E-state index contributed by atoms with van der Waals surface area (Å²) in [5, 5.41) is 0. The summed E-state index contributed by atoms with van der Waals surface area (Å²) < 4.78 is 5.52. The van der Waals surface area contributed by atoms with Crippen LogP contribution in [-0.2, 0) is 0 Å². The molecule has 0 bridgehead atoms. The number of para-hydroxylation sites is 1. The van der Waals surface area contributed by atoms with Gasteiger partial charge in [0.2, 0.25) is 5.88 Å². The molecule has 5 heteroatoms. The molecule has 1 aliphatic heterocycles. The van der Waals surface area contributed by atoms with Gasteiger partial charge in [0.25, 0.3) is 5.91 Å². The quantitative estimate of drug-likeness (QED) is 0.858. The number of aryl methyl sites for hydroxylation is 1.